The third kappa shape index (κ3) is 4.01. The second kappa shape index (κ2) is 7.46. The van der Waals surface area contributed by atoms with Crippen molar-refractivity contribution in [2.45, 2.75) is 17.9 Å². The SMILES string of the molecule is COc1ccc(C(=O)CSc2cc(N3CCCC3)ncn2)cc1. The quantitative estimate of drug-likeness (QED) is 0.461. The van der Waals surface area contributed by atoms with Crippen molar-refractivity contribution in [1.82, 2.24) is 9.97 Å². The first-order valence-electron chi connectivity index (χ1n) is 7.63. The molecule has 23 heavy (non-hydrogen) atoms. The Hall–Kier alpha value is -2.08. The van der Waals surface area contributed by atoms with E-state index in [-0.39, 0.29) is 5.78 Å². The van der Waals surface area contributed by atoms with Crippen molar-refractivity contribution < 1.29 is 9.53 Å². The predicted molar refractivity (Wildman–Crippen MR) is 91.5 cm³/mol. The molecular weight excluding hydrogens is 310 g/mol. The van der Waals surface area contributed by atoms with Crippen molar-refractivity contribution in [3.8, 4) is 5.75 Å². The van der Waals surface area contributed by atoms with E-state index in [1.54, 1.807) is 37.7 Å². The summed E-state index contributed by atoms with van der Waals surface area (Å²) in [6.07, 6.45) is 4.00. The van der Waals surface area contributed by atoms with Gasteiger partial charge in [-0.2, -0.15) is 0 Å². The van der Waals surface area contributed by atoms with E-state index in [0.717, 1.165) is 29.7 Å². The molecule has 2 heterocycles. The summed E-state index contributed by atoms with van der Waals surface area (Å²) in [5.74, 6) is 2.15. The zero-order valence-corrected chi connectivity index (χ0v) is 13.9. The fourth-order valence-electron chi connectivity index (χ4n) is 2.53. The molecule has 120 valence electrons. The first-order valence-corrected chi connectivity index (χ1v) is 8.62. The van der Waals surface area contributed by atoms with Crippen molar-refractivity contribution >= 4 is 23.4 Å². The number of carbonyl (C=O) groups is 1. The maximum Gasteiger partial charge on any atom is 0.173 e. The van der Waals surface area contributed by atoms with Crippen molar-refractivity contribution in [2.24, 2.45) is 0 Å². The molecule has 0 bridgehead atoms. The van der Waals surface area contributed by atoms with Crippen LogP contribution in [0, 0.1) is 0 Å². The number of hydrogen-bond acceptors (Lipinski definition) is 6. The summed E-state index contributed by atoms with van der Waals surface area (Å²) in [7, 11) is 1.61. The summed E-state index contributed by atoms with van der Waals surface area (Å²) in [6.45, 7) is 2.10. The average Bonchev–Trinajstić information content (AvgIpc) is 3.15. The molecule has 5 nitrogen and oxygen atoms in total. The van der Waals surface area contributed by atoms with Gasteiger partial charge in [-0.1, -0.05) is 11.8 Å². The Bertz CT molecular complexity index is 670. The van der Waals surface area contributed by atoms with Gasteiger partial charge < -0.3 is 9.64 Å². The van der Waals surface area contributed by atoms with Crippen LogP contribution in [0.25, 0.3) is 0 Å². The highest BCUT2D eigenvalue weighted by molar-refractivity contribution is 7.99. The van der Waals surface area contributed by atoms with E-state index in [1.807, 2.05) is 6.07 Å². The Labute approximate surface area is 140 Å². The van der Waals surface area contributed by atoms with Gasteiger partial charge in [0.1, 0.15) is 22.9 Å². The lowest BCUT2D eigenvalue weighted by Gasteiger charge is -2.16. The maximum absolute atomic E-state index is 12.2. The Morgan fingerprint density at radius 2 is 1.96 bits per heavy atom. The zero-order chi connectivity index (χ0) is 16.1. The minimum absolute atomic E-state index is 0.0824. The number of hydrogen-bond donors (Lipinski definition) is 0. The highest BCUT2D eigenvalue weighted by Gasteiger charge is 2.14. The number of nitrogens with zero attached hydrogens (tertiary/aromatic N) is 3. The highest BCUT2D eigenvalue weighted by Crippen LogP contribution is 2.23. The largest absolute Gasteiger partial charge is 0.497 e. The molecule has 0 radical (unpaired) electrons. The second-order valence-corrected chi connectivity index (χ2v) is 6.34. The molecule has 0 atom stereocenters. The van der Waals surface area contributed by atoms with Crippen molar-refractivity contribution in [3.63, 3.8) is 0 Å². The van der Waals surface area contributed by atoms with Gasteiger partial charge in [-0.25, -0.2) is 9.97 Å². The molecule has 0 amide bonds. The number of rotatable bonds is 6. The summed E-state index contributed by atoms with van der Waals surface area (Å²) < 4.78 is 5.10. The molecule has 1 saturated heterocycles. The van der Waals surface area contributed by atoms with E-state index >= 15 is 0 Å². The molecule has 1 aliphatic rings. The topological polar surface area (TPSA) is 55.3 Å². The molecule has 0 N–H and O–H groups in total. The first-order chi connectivity index (χ1) is 11.3. The number of carbonyl (C=O) groups excluding carboxylic acids is 1. The van der Waals surface area contributed by atoms with Crippen LogP contribution < -0.4 is 9.64 Å². The molecule has 6 heteroatoms. The van der Waals surface area contributed by atoms with E-state index in [1.165, 1.54) is 24.6 Å². The van der Waals surface area contributed by atoms with Gasteiger partial charge >= 0.3 is 0 Å². The summed E-state index contributed by atoms with van der Waals surface area (Å²) in [5, 5.41) is 0.837. The van der Waals surface area contributed by atoms with Crippen molar-refractivity contribution in [3.05, 3.63) is 42.2 Å². The van der Waals surface area contributed by atoms with Crippen LogP contribution in [0.1, 0.15) is 23.2 Å². The number of Topliss-reactive ketones (excluding diaryl/α,β-unsaturated/α-hetero) is 1. The van der Waals surface area contributed by atoms with Gasteiger partial charge in [-0.3, -0.25) is 4.79 Å². The molecule has 1 aromatic carbocycles. The van der Waals surface area contributed by atoms with Gasteiger partial charge in [0.25, 0.3) is 0 Å². The Kier molecular flexibility index (Phi) is 5.12. The Morgan fingerprint density at radius 3 is 2.65 bits per heavy atom. The summed E-state index contributed by atoms with van der Waals surface area (Å²) in [5.41, 5.74) is 0.687. The van der Waals surface area contributed by atoms with Gasteiger partial charge in [-0.05, 0) is 37.1 Å². The van der Waals surface area contributed by atoms with Crippen LogP contribution in [0.4, 0.5) is 5.82 Å². The van der Waals surface area contributed by atoms with Crippen LogP contribution in [0.5, 0.6) is 5.75 Å². The lowest BCUT2D eigenvalue weighted by atomic mass is 10.1. The molecule has 1 aliphatic heterocycles. The van der Waals surface area contributed by atoms with Gasteiger partial charge in [0.2, 0.25) is 0 Å². The number of methoxy groups -OCH3 is 1. The molecule has 0 unspecified atom stereocenters. The van der Waals surface area contributed by atoms with E-state index in [0.29, 0.717) is 11.3 Å². The van der Waals surface area contributed by atoms with E-state index in [9.17, 15) is 4.79 Å². The van der Waals surface area contributed by atoms with Gasteiger partial charge in [0, 0.05) is 24.7 Å². The third-order valence-electron chi connectivity index (χ3n) is 3.82. The van der Waals surface area contributed by atoms with Gasteiger partial charge in [0.05, 0.1) is 12.9 Å². The minimum atomic E-state index is 0.0824. The van der Waals surface area contributed by atoms with Gasteiger partial charge in [-0.15, -0.1) is 0 Å². The summed E-state index contributed by atoms with van der Waals surface area (Å²) in [6, 6.07) is 9.15. The second-order valence-electron chi connectivity index (χ2n) is 5.35. The number of anilines is 1. The fourth-order valence-corrected chi connectivity index (χ4v) is 3.28. The lowest BCUT2D eigenvalue weighted by molar-refractivity contribution is 0.102. The van der Waals surface area contributed by atoms with E-state index < -0.39 is 0 Å². The lowest BCUT2D eigenvalue weighted by Crippen LogP contribution is -2.19. The Morgan fingerprint density at radius 1 is 1.22 bits per heavy atom. The molecule has 1 aromatic heterocycles. The molecule has 3 rings (SSSR count). The number of benzene rings is 1. The van der Waals surface area contributed by atoms with E-state index in [2.05, 4.69) is 14.9 Å². The fraction of sp³-hybridized carbons (Fsp3) is 0.353. The van der Waals surface area contributed by atoms with Crippen molar-refractivity contribution in [2.75, 3.05) is 30.9 Å². The van der Waals surface area contributed by atoms with Gasteiger partial charge in [0.15, 0.2) is 5.78 Å². The van der Waals surface area contributed by atoms with Crippen LogP contribution in [0.15, 0.2) is 41.7 Å². The third-order valence-corrected chi connectivity index (χ3v) is 4.75. The average molecular weight is 329 g/mol. The van der Waals surface area contributed by atoms with Crippen molar-refractivity contribution in [1.29, 1.82) is 0 Å². The van der Waals surface area contributed by atoms with Crippen LogP contribution in [0.2, 0.25) is 0 Å². The molecule has 0 aliphatic carbocycles. The predicted octanol–water partition coefficient (Wildman–Crippen LogP) is 3.06. The first kappa shape index (κ1) is 15.8. The van der Waals surface area contributed by atoms with Crippen LogP contribution >= 0.6 is 11.8 Å². The minimum Gasteiger partial charge on any atom is -0.497 e. The molecule has 2 aromatic rings. The molecule has 1 fully saturated rings. The monoisotopic (exact) mass is 329 g/mol. The molecular formula is C17H19N3O2S. The van der Waals surface area contributed by atoms with Crippen LogP contribution in [-0.4, -0.2) is 41.7 Å². The number of aromatic nitrogens is 2. The molecule has 0 spiro atoms. The maximum atomic E-state index is 12.2. The Balaban J connectivity index is 1.60. The van der Waals surface area contributed by atoms with E-state index in [4.69, 9.17) is 4.74 Å². The summed E-state index contributed by atoms with van der Waals surface area (Å²) >= 11 is 1.45. The standard InChI is InChI=1S/C17H19N3O2S/c1-22-14-6-4-13(5-7-14)15(21)11-23-17-10-16(18-12-19-17)20-8-2-3-9-20/h4-7,10,12H,2-3,8-9,11H2,1H3. The summed E-state index contributed by atoms with van der Waals surface area (Å²) in [4.78, 5) is 23.1. The number of ketones is 1. The smallest absolute Gasteiger partial charge is 0.173 e. The number of ether oxygens (including phenoxy) is 1. The zero-order valence-electron chi connectivity index (χ0n) is 13.1. The normalized spacial score (nSPS) is 14.0. The van der Waals surface area contributed by atoms with Crippen LogP contribution in [-0.2, 0) is 0 Å². The number of thioether (sulfide) groups is 1. The highest BCUT2D eigenvalue weighted by atomic mass is 32.2. The molecule has 0 saturated carbocycles. The van der Waals surface area contributed by atoms with Crippen LogP contribution in [0.3, 0.4) is 0 Å².